The van der Waals surface area contributed by atoms with Crippen molar-refractivity contribution in [3.05, 3.63) is 79.9 Å². The number of nitro benzene ring substituents is 2. The van der Waals surface area contributed by atoms with Gasteiger partial charge < -0.3 is 29.9 Å². The lowest BCUT2D eigenvalue weighted by Gasteiger charge is -2.27. The number of carboxylic acids is 2. The lowest BCUT2D eigenvalue weighted by molar-refractivity contribution is -0.385. The zero-order valence-electron chi connectivity index (χ0n) is 40.7. The van der Waals surface area contributed by atoms with Gasteiger partial charge in [-0.15, -0.1) is 0 Å². The van der Waals surface area contributed by atoms with Gasteiger partial charge in [0.25, 0.3) is 11.4 Å². The van der Waals surface area contributed by atoms with E-state index in [0.29, 0.717) is 65.3 Å². The molecule has 0 unspecified atom stereocenters. The molecule has 388 valence electrons. The van der Waals surface area contributed by atoms with Crippen molar-refractivity contribution in [1.29, 1.82) is 5.26 Å². The second-order valence-corrected chi connectivity index (χ2v) is 18.7. The molecule has 2 fully saturated rings. The number of non-ortho nitro benzene ring substituents is 2. The van der Waals surface area contributed by atoms with Gasteiger partial charge in [0.2, 0.25) is 0 Å². The highest BCUT2D eigenvalue weighted by atomic mass is 79.9. The van der Waals surface area contributed by atoms with Gasteiger partial charge in [0.05, 0.1) is 42.1 Å². The number of alkyl halides is 1. The second-order valence-electron chi connectivity index (χ2n) is 17.9. The first kappa shape index (κ1) is 63.8. The number of nitrogens with one attached hydrogen (secondary N) is 1. The molecule has 22 heteroatoms. The average molecular weight is 1040 g/mol. The summed E-state index contributed by atoms with van der Waals surface area (Å²) in [5.74, 6) is -2.24. The highest BCUT2D eigenvalue weighted by molar-refractivity contribution is 9.09. The predicted molar refractivity (Wildman–Crippen MR) is 267 cm³/mol. The van der Waals surface area contributed by atoms with Gasteiger partial charge in [0, 0.05) is 122 Å². The van der Waals surface area contributed by atoms with Crippen molar-refractivity contribution in [3.63, 3.8) is 0 Å². The predicted octanol–water partition coefficient (Wildman–Crippen LogP) is 4.80. The Morgan fingerprint density at radius 3 is 1.22 bits per heavy atom. The van der Waals surface area contributed by atoms with Crippen molar-refractivity contribution in [2.75, 3.05) is 117 Å². The third-order valence-corrected chi connectivity index (χ3v) is 10.2. The minimum Gasteiger partial charge on any atom is -0.480 e. The van der Waals surface area contributed by atoms with E-state index >= 15 is 0 Å². The van der Waals surface area contributed by atoms with E-state index < -0.39 is 33.0 Å². The van der Waals surface area contributed by atoms with Crippen LogP contribution in [0.3, 0.4) is 0 Å². The van der Waals surface area contributed by atoms with E-state index in [1.165, 1.54) is 31.2 Å². The number of carbonyl (C=O) groups excluding carboxylic acids is 2. The van der Waals surface area contributed by atoms with E-state index in [1.54, 1.807) is 30.3 Å². The molecule has 69 heavy (non-hydrogen) atoms. The van der Waals surface area contributed by atoms with Crippen LogP contribution in [0.5, 0.6) is 0 Å². The average Bonchev–Trinajstić information content (AvgIpc) is 3.39. The quantitative estimate of drug-likeness (QED) is 0.0936. The van der Waals surface area contributed by atoms with Crippen molar-refractivity contribution in [3.8, 4) is 6.07 Å². The van der Waals surface area contributed by atoms with Gasteiger partial charge in [0.15, 0.2) is 0 Å². The topological polar surface area (TPSA) is 265 Å². The van der Waals surface area contributed by atoms with Gasteiger partial charge in [-0.25, -0.2) is 0 Å². The van der Waals surface area contributed by atoms with Crippen LogP contribution in [0, 0.1) is 31.6 Å². The Morgan fingerprint density at radius 2 is 0.928 bits per heavy atom. The number of nitriles is 1. The van der Waals surface area contributed by atoms with E-state index in [2.05, 4.69) is 35.9 Å². The van der Waals surface area contributed by atoms with E-state index in [1.807, 2.05) is 51.3 Å². The van der Waals surface area contributed by atoms with Crippen LogP contribution in [0.1, 0.15) is 67.0 Å². The summed E-state index contributed by atoms with van der Waals surface area (Å²) in [6.07, 6.45) is 1.61. The first-order valence-electron chi connectivity index (χ1n) is 22.5. The maximum atomic E-state index is 12.1. The third kappa shape index (κ3) is 32.3. The molecule has 0 saturated carbocycles. The number of halogens is 1. The Bertz CT molecular complexity index is 1820. The molecule has 0 aromatic heterocycles. The smallest absolute Gasteiger partial charge is 0.320 e. The summed E-state index contributed by atoms with van der Waals surface area (Å²) >= 11 is 3.30. The molecule has 0 amide bonds. The molecule has 2 aromatic rings. The molecule has 2 aliphatic rings. The largest absolute Gasteiger partial charge is 0.480 e. The van der Waals surface area contributed by atoms with Crippen LogP contribution in [-0.4, -0.2) is 196 Å². The van der Waals surface area contributed by atoms with E-state index in [4.69, 9.17) is 24.9 Å². The fourth-order valence-electron chi connectivity index (χ4n) is 6.61. The summed E-state index contributed by atoms with van der Waals surface area (Å²) in [6, 6.07) is 14.8. The van der Waals surface area contributed by atoms with Gasteiger partial charge in [0.1, 0.15) is 11.2 Å². The number of esters is 2. The van der Waals surface area contributed by atoms with Crippen LogP contribution in [0.25, 0.3) is 0 Å². The number of carbonyl (C=O) groups is 4. The van der Waals surface area contributed by atoms with E-state index in [9.17, 15) is 39.4 Å². The minimum atomic E-state index is -0.901. The molecule has 2 heterocycles. The molecule has 0 spiro atoms. The number of hydrogen-bond acceptors (Lipinski definition) is 17. The van der Waals surface area contributed by atoms with Crippen LogP contribution < -0.4 is 5.32 Å². The number of nitro groups is 2. The first-order chi connectivity index (χ1) is 31.9. The Labute approximate surface area is 416 Å². The van der Waals surface area contributed by atoms with Gasteiger partial charge >= 0.3 is 23.9 Å². The van der Waals surface area contributed by atoms with Crippen molar-refractivity contribution >= 4 is 51.2 Å². The lowest BCUT2D eigenvalue weighted by Crippen LogP contribution is -2.42. The van der Waals surface area contributed by atoms with Crippen LogP contribution in [0.4, 0.5) is 11.4 Å². The molecule has 21 nitrogen and oxygen atoms in total. The number of aryl methyl sites for hydroxylation is 1. The van der Waals surface area contributed by atoms with Crippen LogP contribution in [-0.2, 0) is 41.5 Å². The number of carboxylic acid groups (broad SMARTS) is 2. The summed E-state index contributed by atoms with van der Waals surface area (Å²) in [5, 5.41) is 50.7. The molecule has 2 saturated heterocycles. The normalized spacial score (nSPS) is 15.7. The highest BCUT2D eigenvalue weighted by Crippen LogP contribution is 2.15. The van der Waals surface area contributed by atoms with Crippen molar-refractivity contribution in [2.24, 2.45) is 0 Å². The summed E-state index contributed by atoms with van der Waals surface area (Å²) in [7, 11) is 0. The van der Waals surface area contributed by atoms with Gasteiger partial charge in [-0.1, -0.05) is 47.6 Å². The van der Waals surface area contributed by atoms with Crippen LogP contribution >= 0.6 is 15.9 Å². The number of ether oxygens (including phenoxy) is 2. The highest BCUT2D eigenvalue weighted by Gasteiger charge is 2.23. The van der Waals surface area contributed by atoms with Gasteiger partial charge in [-0.05, 0) is 65.5 Å². The standard InChI is InChI=1S/C18H26N4O6.C18H35N3O4.C8H8BrNO2.C2H3N.CH4/c23-17(24)13-20-9-7-19(8-10-21(12-11-20)14-18(25)26)6-5-15-1-3-16(4-2-15)22(27)28;1-17(2,3)24-15(22)13-20-9-7-19-8-10-21(12-11-20)14-16(23)25-18(4,5)6;9-6-5-7-1-3-8(4-2-7)10(11)12;1-2-3;/h1-4H,5-14H2,(H,23,24)(H,25,26);19H,7-14H2,1-6H3;1-4H,5-6H2;1H3;1H4. The SMILES string of the molecule is C.CC#N.CC(C)(C)OC(=O)CN1CCNCCN(CC(=O)OC(C)(C)C)CC1.O=C(O)CN1CCN(CCc2ccc([N+](=O)[O-])cc2)CCN(CC(=O)O)CC1.O=[N+]([O-])c1ccc(CCBr)cc1. The minimum absolute atomic E-state index is 0. The summed E-state index contributed by atoms with van der Waals surface area (Å²) in [6.45, 7) is 21.9. The second kappa shape index (κ2) is 34.2. The third-order valence-electron chi connectivity index (χ3n) is 9.80. The Morgan fingerprint density at radius 1 is 0.623 bits per heavy atom. The maximum Gasteiger partial charge on any atom is 0.320 e. The molecule has 0 atom stereocenters. The van der Waals surface area contributed by atoms with Gasteiger partial charge in [-0.3, -0.25) is 59.0 Å². The van der Waals surface area contributed by atoms with Crippen molar-refractivity contribution < 1.29 is 48.7 Å². The summed E-state index contributed by atoms with van der Waals surface area (Å²) in [5.41, 5.74) is 1.34. The lowest BCUT2D eigenvalue weighted by atomic mass is 10.1. The monoisotopic (exact) mass is 1040 g/mol. The summed E-state index contributed by atoms with van der Waals surface area (Å²) < 4.78 is 10.8. The molecular formula is C47H76BrN9O12. The number of nitrogens with zero attached hydrogens (tertiary/aromatic N) is 8. The van der Waals surface area contributed by atoms with E-state index in [-0.39, 0.29) is 56.9 Å². The Balaban J connectivity index is 0.00000103. The Hall–Kier alpha value is -5.15. The van der Waals surface area contributed by atoms with E-state index in [0.717, 1.165) is 49.1 Å². The molecule has 0 aliphatic carbocycles. The molecule has 0 bridgehead atoms. The molecule has 4 rings (SSSR count). The maximum absolute atomic E-state index is 12.1. The zero-order chi connectivity index (χ0) is 51.3. The fraction of sp³-hybridized carbons (Fsp3) is 0.638. The van der Waals surface area contributed by atoms with Crippen molar-refractivity contribution in [2.45, 2.75) is 79.9 Å². The number of rotatable bonds is 15. The van der Waals surface area contributed by atoms with Crippen molar-refractivity contribution in [1.82, 2.24) is 29.8 Å². The summed E-state index contributed by atoms with van der Waals surface area (Å²) in [4.78, 5) is 76.4. The van der Waals surface area contributed by atoms with Crippen LogP contribution in [0.2, 0.25) is 0 Å². The molecule has 2 aromatic carbocycles. The zero-order valence-corrected chi connectivity index (χ0v) is 42.3. The fourth-order valence-corrected chi connectivity index (χ4v) is 7.06. The number of hydrogen-bond donors (Lipinski definition) is 3. The molecule has 2 aliphatic heterocycles. The van der Waals surface area contributed by atoms with Gasteiger partial charge in [-0.2, -0.15) is 5.26 Å². The molecule has 0 radical (unpaired) electrons. The molecule has 3 N–H and O–H groups in total. The first-order valence-corrected chi connectivity index (χ1v) is 23.6. The number of aliphatic carboxylic acids is 2. The molecular weight excluding hydrogens is 962 g/mol. The number of benzene rings is 2. The van der Waals surface area contributed by atoms with Crippen LogP contribution in [0.15, 0.2) is 48.5 Å². The Kier molecular flexibility index (Phi) is 31.6.